The van der Waals surface area contributed by atoms with Crippen LogP contribution < -0.4 is 5.32 Å². The fourth-order valence-electron chi connectivity index (χ4n) is 0.647. The zero-order valence-electron chi connectivity index (χ0n) is 6.13. The molecule has 0 saturated carbocycles. The molecule has 0 atom stereocenters. The summed E-state index contributed by atoms with van der Waals surface area (Å²) in [6.07, 6.45) is 0. The van der Waals surface area contributed by atoms with Crippen molar-refractivity contribution >= 4 is 5.91 Å². The molecule has 1 aromatic heterocycles. The first-order valence-corrected chi connectivity index (χ1v) is 3.24. The van der Waals surface area contributed by atoms with E-state index in [1.165, 1.54) is 6.07 Å². The van der Waals surface area contributed by atoms with Crippen LogP contribution in [0.2, 0.25) is 0 Å². The Balaban J connectivity index is 2.69. The summed E-state index contributed by atoms with van der Waals surface area (Å²) >= 11 is 0. The second-order valence-electron chi connectivity index (χ2n) is 1.97. The molecule has 1 heterocycles. The van der Waals surface area contributed by atoms with Crippen LogP contribution in [-0.4, -0.2) is 17.6 Å². The molecule has 58 valence electrons. The van der Waals surface area contributed by atoms with E-state index in [9.17, 15) is 4.79 Å². The van der Waals surface area contributed by atoms with Gasteiger partial charge in [-0.15, -0.1) is 0 Å². The summed E-state index contributed by atoms with van der Waals surface area (Å²) in [5, 5.41) is 5.98. The molecule has 0 spiro atoms. The Morgan fingerprint density at radius 2 is 2.64 bits per heavy atom. The van der Waals surface area contributed by atoms with Gasteiger partial charge >= 0.3 is 0 Å². The molecule has 1 N–H and O–H groups in total. The van der Waals surface area contributed by atoms with E-state index in [0.717, 1.165) is 0 Å². The third-order valence-electron chi connectivity index (χ3n) is 1.10. The van der Waals surface area contributed by atoms with Gasteiger partial charge in [0, 0.05) is 19.5 Å². The first-order valence-electron chi connectivity index (χ1n) is 3.24. The summed E-state index contributed by atoms with van der Waals surface area (Å²) in [6.45, 7) is 7.59. The minimum absolute atomic E-state index is 0.145. The summed E-state index contributed by atoms with van der Waals surface area (Å²) in [5.41, 5.74) is 0.212. The third kappa shape index (κ3) is 1.80. The van der Waals surface area contributed by atoms with E-state index in [-0.39, 0.29) is 17.4 Å². The highest BCUT2D eigenvalue weighted by Gasteiger charge is 2.08. The lowest BCUT2D eigenvalue weighted by Crippen LogP contribution is -2.22. The van der Waals surface area contributed by atoms with E-state index < -0.39 is 0 Å². The summed E-state index contributed by atoms with van der Waals surface area (Å²) in [7, 11) is 0. The molecule has 0 aliphatic heterocycles. The molecule has 0 unspecified atom stereocenters. The predicted molar refractivity (Wildman–Crippen MR) is 37.9 cm³/mol. The van der Waals surface area contributed by atoms with Crippen LogP contribution in [0.5, 0.6) is 0 Å². The normalized spacial score (nSPS) is 9.64. The molecule has 0 aromatic carbocycles. The van der Waals surface area contributed by atoms with E-state index in [1.54, 1.807) is 0 Å². The smallest absolute Gasteiger partial charge is 0.273 e. The highest BCUT2D eigenvalue weighted by Crippen LogP contribution is 2.00. The predicted octanol–water partition coefficient (Wildman–Crippen LogP) is 0.483. The van der Waals surface area contributed by atoms with Crippen molar-refractivity contribution in [3.8, 4) is 0 Å². The molecule has 0 bridgehead atoms. The lowest BCUT2D eigenvalue weighted by Gasteiger charge is -1.94. The van der Waals surface area contributed by atoms with Crippen LogP contribution in [0.4, 0.5) is 0 Å². The maximum atomic E-state index is 11.0. The summed E-state index contributed by atoms with van der Waals surface area (Å²) in [6, 6.07) is 1.38. The SMILES string of the molecule is [CH]c1cc(C(=O)NCC)no1. The van der Waals surface area contributed by atoms with Crippen molar-refractivity contribution < 1.29 is 9.32 Å². The van der Waals surface area contributed by atoms with Gasteiger partial charge in [-0.25, -0.2) is 0 Å². The molecule has 0 aliphatic rings. The molecule has 0 aliphatic carbocycles. The Bertz CT molecular complexity index is 255. The van der Waals surface area contributed by atoms with Gasteiger partial charge in [-0.05, 0) is 6.92 Å². The number of nitrogens with one attached hydrogen (secondary N) is 1. The highest BCUT2D eigenvalue weighted by atomic mass is 16.5. The second kappa shape index (κ2) is 3.18. The van der Waals surface area contributed by atoms with Gasteiger partial charge in [-0.2, -0.15) is 0 Å². The van der Waals surface area contributed by atoms with Crippen molar-refractivity contribution in [1.82, 2.24) is 10.5 Å². The van der Waals surface area contributed by atoms with Crippen molar-refractivity contribution in [2.24, 2.45) is 0 Å². The molecule has 1 rings (SSSR count). The van der Waals surface area contributed by atoms with Crippen molar-refractivity contribution in [2.45, 2.75) is 6.92 Å². The van der Waals surface area contributed by atoms with Gasteiger partial charge in [0.1, 0.15) is 5.76 Å². The quantitative estimate of drug-likeness (QED) is 0.670. The Labute approximate surface area is 64.6 Å². The van der Waals surface area contributed by atoms with E-state index in [4.69, 9.17) is 6.92 Å². The molecule has 1 amide bonds. The van der Waals surface area contributed by atoms with Crippen molar-refractivity contribution in [1.29, 1.82) is 0 Å². The largest absolute Gasteiger partial charge is 0.360 e. The van der Waals surface area contributed by atoms with E-state index in [1.807, 2.05) is 6.92 Å². The molecular weight excluding hydrogens is 144 g/mol. The Morgan fingerprint density at radius 1 is 1.91 bits per heavy atom. The van der Waals surface area contributed by atoms with Gasteiger partial charge in [-0.3, -0.25) is 4.79 Å². The van der Waals surface area contributed by atoms with Gasteiger partial charge in [0.05, 0.1) is 0 Å². The number of carbonyl (C=O) groups is 1. The lowest BCUT2D eigenvalue weighted by molar-refractivity contribution is 0.0947. The molecule has 0 saturated heterocycles. The van der Waals surface area contributed by atoms with Gasteiger partial charge < -0.3 is 9.84 Å². The van der Waals surface area contributed by atoms with Crippen LogP contribution in [-0.2, 0) is 0 Å². The number of aromatic nitrogens is 1. The standard InChI is InChI=1S/C7H8N2O2/c1-3-8-7(10)6-4-5(2)11-9-6/h2,4H,3H2,1H3,(H,8,10). The number of amides is 1. The maximum Gasteiger partial charge on any atom is 0.273 e. The lowest BCUT2D eigenvalue weighted by atomic mass is 10.3. The Kier molecular flexibility index (Phi) is 2.25. The zero-order chi connectivity index (χ0) is 8.27. The summed E-state index contributed by atoms with van der Waals surface area (Å²) < 4.78 is 4.50. The van der Waals surface area contributed by atoms with Crippen molar-refractivity contribution in [2.75, 3.05) is 6.54 Å². The molecule has 11 heavy (non-hydrogen) atoms. The Hall–Kier alpha value is -1.32. The molecular formula is C7H8N2O2. The van der Waals surface area contributed by atoms with E-state index in [2.05, 4.69) is 15.0 Å². The molecule has 4 heteroatoms. The summed E-state index contributed by atoms with van der Waals surface area (Å²) in [4.78, 5) is 11.0. The molecule has 2 radical (unpaired) electrons. The van der Waals surface area contributed by atoms with Crippen LogP contribution in [0.3, 0.4) is 0 Å². The number of hydrogen-bond acceptors (Lipinski definition) is 3. The van der Waals surface area contributed by atoms with Crippen LogP contribution in [0.25, 0.3) is 0 Å². The number of nitrogens with zero attached hydrogens (tertiary/aromatic N) is 1. The average Bonchev–Trinajstić information content (AvgIpc) is 2.36. The molecule has 4 nitrogen and oxygen atoms in total. The zero-order valence-corrected chi connectivity index (χ0v) is 6.13. The van der Waals surface area contributed by atoms with E-state index in [0.29, 0.717) is 6.54 Å². The minimum atomic E-state index is -0.270. The Morgan fingerprint density at radius 3 is 3.09 bits per heavy atom. The van der Waals surface area contributed by atoms with Crippen molar-refractivity contribution in [3.63, 3.8) is 0 Å². The fourth-order valence-corrected chi connectivity index (χ4v) is 0.647. The number of carbonyl (C=O) groups excluding carboxylic acids is 1. The van der Waals surface area contributed by atoms with Crippen LogP contribution in [0.1, 0.15) is 23.2 Å². The fraction of sp³-hybridized carbons (Fsp3) is 0.286. The first-order chi connectivity index (χ1) is 5.24. The second-order valence-corrected chi connectivity index (χ2v) is 1.97. The van der Waals surface area contributed by atoms with Crippen LogP contribution >= 0.6 is 0 Å². The molecule has 0 fully saturated rings. The monoisotopic (exact) mass is 152 g/mol. The van der Waals surface area contributed by atoms with Crippen LogP contribution in [0, 0.1) is 6.92 Å². The average molecular weight is 152 g/mol. The van der Waals surface area contributed by atoms with Gasteiger partial charge in [0.2, 0.25) is 0 Å². The maximum absolute atomic E-state index is 11.0. The van der Waals surface area contributed by atoms with Gasteiger partial charge in [0.15, 0.2) is 5.69 Å². The topological polar surface area (TPSA) is 55.1 Å². The number of rotatable bonds is 2. The van der Waals surface area contributed by atoms with Crippen molar-refractivity contribution in [3.05, 3.63) is 24.4 Å². The van der Waals surface area contributed by atoms with Gasteiger partial charge in [0.25, 0.3) is 5.91 Å². The molecule has 1 aromatic rings. The summed E-state index contributed by atoms with van der Waals surface area (Å²) in [5.74, 6) is -0.126. The number of hydrogen-bond donors (Lipinski definition) is 1. The first kappa shape index (κ1) is 7.78. The third-order valence-corrected chi connectivity index (χ3v) is 1.10. The highest BCUT2D eigenvalue weighted by molar-refractivity contribution is 5.92. The van der Waals surface area contributed by atoms with E-state index >= 15 is 0 Å². The minimum Gasteiger partial charge on any atom is -0.360 e. The van der Waals surface area contributed by atoms with Crippen LogP contribution in [0.15, 0.2) is 10.6 Å². The van der Waals surface area contributed by atoms with Gasteiger partial charge in [-0.1, -0.05) is 5.16 Å².